The Kier molecular flexibility index (Phi) is 1.94. The van der Waals surface area contributed by atoms with Crippen molar-refractivity contribution in [1.82, 2.24) is 4.98 Å². The highest BCUT2D eigenvalue weighted by atomic mass is 19.1. The predicted molar refractivity (Wildman–Crippen MR) is 50.0 cm³/mol. The molecule has 0 aromatic carbocycles. The van der Waals surface area contributed by atoms with Crippen molar-refractivity contribution in [2.75, 3.05) is 11.9 Å². The molecule has 1 heterocycles. The number of anilines is 1. The fourth-order valence-electron chi connectivity index (χ4n) is 1.20. The summed E-state index contributed by atoms with van der Waals surface area (Å²) in [7, 11) is 0. The molecule has 70 valence electrons. The van der Waals surface area contributed by atoms with E-state index < -0.39 is 5.95 Å². The molecule has 0 unspecified atom stereocenters. The number of nitrogens with zero attached hydrogens (tertiary/aromatic N) is 1. The van der Waals surface area contributed by atoms with Crippen molar-refractivity contribution in [2.24, 2.45) is 5.41 Å². The highest BCUT2D eigenvalue weighted by Crippen LogP contribution is 2.44. The van der Waals surface area contributed by atoms with Gasteiger partial charge in [-0.2, -0.15) is 4.39 Å². The quantitative estimate of drug-likeness (QED) is 0.722. The van der Waals surface area contributed by atoms with Crippen LogP contribution in [-0.2, 0) is 0 Å². The Morgan fingerprint density at radius 2 is 2.31 bits per heavy atom. The summed E-state index contributed by atoms with van der Waals surface area (Å²) in [6, 6.07) is 4.80. The molecule has 0 spiro atoms. The van der Waals surface area contributed by atoms with E-state index in [4.69, 9.17) is 0 Å². The molecule has 1 aliphatic carbocycles. The van der Waals surface area contributed by atoms with Crippen LogP contribution < -0.4 is 5.32 Å². The number of nitrogens with one attached hydrogen (secondary N) is 1. The van der Waals surface area contributed by atoms with Crippen LogP contribution in [0.4, 0.5) is 10.2 Å². The molecule has 3 heteroatoms. The first kappa shape index (κ1) is 8.48. The molecule has 1 N–H and O–H groups in total. The molecule has 1 saturated carbocycles. The van der Waals surface area contributed by atoms with E-state index in [2.05, 4.69) is 17.2 Å². The van der Waals surface area contributed by atoms with Crippen LogP contribution in [0.5, 0.6) is 0 Å². The van der Waals surface area contributed by atoms with Gasteiger partial charge in [0.2, 0.25) is 5.95 Å². The summed E-state index contributed by atoms with van der Waals surface area (Å²) in [4.78, 5) is 3.73. The second-order valence-electron chi connectivity index (χ2n) is 4.01. The van der Waals surface area contributed by atoms with Crippen LogP contribution in [0.2, 0.25) is 0 Å². The zero-order chi connectivity index (χ0) is 9.31. The lowest BCUT2D eigenvalue weighted by atomic mass is 10.1. The van der Waals surface area contributed by atoms with Crippen LogP contribution in [0.3, 0.4) is 0 Å². The third kappa shape index (κ3) is 2.17. The van der Waals surface area contributed by atoms with E-state index in [1.807, 2.05) is 0 Å². The van der Waals surface area contributed by atoms with Crippen molar-refractivity contribution >= 4 is 5.82 Å². The second-order valence-corrected chi connectivity index (χ2v) is 4.01. The molecule has 0 radical (unpaired) electrons. The number of aromatic nitrogens is 1. The molecule has 13 heavy (non-hydrogen) atoms. The summed E-state index contributed by atoms with van der Waals surface area (Å²) in [6.45, 7) is 3.11. The maximum atomic E-state index is 12.7. The van der Waals surface area contributed by atoms with E-state index in [1.165, 1.54) is 18.9 Å². The van der Waals surface area contributed by atoms with Gasteiger partial charge in [0.15, 0.2) is 0 Å². The van der Waals surface area contributed by atoms with E-state index in [9.17, 15) is 4.39 Å². The Morgan fingerprint density at radius 3 is 2.92 bits per heavy atom. The normalized spacial score (nSPS) is 18.3. The third-order valence-corrected chi connectivity index (χ3v) is 2.51. The van der Waals surface area contributed by atoms with Crippen molar-refractivity contribution in [1.29, 1.82) is 0 Å². The Labute approximate surface area is 77.2 Å². The average molecular weight is 180 g/mol. The Balaban J connectivity index is 1.94. The van der Waals surface area contributed by atoms with Gasteiger partial charge in [0.05, 0.1) is 0 Å². The summed E-state index contributed by atoms with van der Waals surface area (Å²) < 4.78 is 12.7. The van der Waals surface area contributed by atoms with Crippen LogP contribution in [0.15, 0.2) is 18.2 Å². The second kappa shape index (κ2) is 2.98. The minimum atomic E-state index is -0.425. The van der Waals surface area contributed by atoms with Crippen molar-refractivity contribution in [3.05, 3.63) is 24.1 Å². The van der Waals surface area contributed by atoms with E-state index >= 15 is 0 Å². The molecule has 0 saturated heterocycles. The molecule has 0 amide bonds. The maximum Gasteiger partial charge on any atom is 0.214 e. The van der Waals surface area contributed by atoms with Gasteiger partial charge in [0.1, 0.15) is 5.82 Å². The lowest BCUT2D eigenvalue weighted by molar-refractivity contribution is 0.579. The monoisotopic (exact) mass is 180 g/mol. The summed E-state index contributed by atoms with van der Waals surface area (Å²) in [5, 5.41) is 3.14. The highest BCUT2D eigenvalue weighted by Gasteiger charge is 2.36. The van der Waals surface area contributed by atoms with Crippen molar-refractivity contribution < 1.29 is 4.39 Å². The van der Waals surface area contributed by atoms with Crippen LogP contribution in [0.25, 0.3) is 0 Å². The van der Waals surface area contributed by atoms with E-state index in [-0.39, 0.29) is 0 Å². The Bertz CT molecular complexity index is 308. The van der Waals surface area contributed by atoms with Gasteiger partial charge in [-0.3, -0.25) is 0 Å². The summed E-state index contributed by atoms with van der Waals surface area (Å²) in [5.74, 6) is 0.207. The van der Waals surface area contributed by atoms with Crippen LogP contribution in [0.1, 0.15) is 19.8 Å². The number of pyridine rings is 1. The van der Waals surface area contributed by atoms with E-state index in [0.29, 0.717) is 11.2 Å². The van der Waals surface area contributed by atoms with Crippen LogP contribution in [-0.4, -0.2) is 11.5 Å². The maximum absolute atomic E-state index is 12.7. The van der Waals surface area contributed by atoms with Crippen molar-refractivity contribution in [2.45, 2.75) is 19.8 Å². The minimum absolute atomic E-state index is 0.425. The molecule has 0 aliphatic heterocycles. The largest absolute Gasteiger partial charge is 0.369 e. The summed E-state index contributed by atoms with van der Waals surface area (Å²) >= 11 is 0. The first-order valence-electron chi connectivity index (χ1n) is 4.54. The van der Waals surface area contributed by atoms with Gasteiger partial charge in [0.25, 0.3) is 0 Å². The fourth-order valence-corrected chi connectivity index (χ4v) is 1.20. The molecule has 1 fully saturated rings. The molecule has 1 aromatic rings. The first-order chi connectivity index (χ1) is 6.18. The van der Waals surface area contributed by atoms with Gasteiger partial charge < -0.3 is 5.32 Å². The standard InChI is InChI=1S/C10H13FN2/c1-10(5-6-10)7-12-9-4-2-3-8(11)13-9/h2-4H,5-7H2,1H3,(H,12,13). The highest BCUT2D eigenvalue weighted by molar-refractivity contribution is 5.34. The molecule has 0 atom stereocenters. The zero-order valence-electron chi connectivity index (χ0n) is 7.68. The van der Waals surface area contributed by atoms with Gasteiger partial charge in [-0.15, -0.1) is 0 Å². The van der Waals surface area contributed by atoms with Crippen LogP contribution in [0, 0.1) is 11.4 Å². The van der Waals surface area contributed by atoms with Gasteiger partial charge in [-0.1, -0.05) is 13.0 Å². The lowest BCUT2D eigenvalue weighted by Crippen LogP contribution is -2.12. The molecular weight excluding hydrogens is 167 g/mol. The molecule has 0 bridgehead atoms. The van der Waals surface area contributed by atoms with Gasteiger partial charge in [-0.25, -0.2) is 4.98 Å². The van der Waals surface area contributed by atoms with Gasteiger partial charge >= 0.3 is 0 Å². The van der Waals surface area contributed by atoms with E-state index in [1.54, 1.807) is 12.1 Å². The number of halogens is 1. The van der Waals surface area contributed by atoms with Gasteiger partial charge in [-0.05, 0) is 30.4 Å². The molecular formula is C10H13FN2. The number of hydrogen-bond acceptors (Lipinski definition) is 2. The van der Waals surface area contributed by atoms with Gasteiger partial charge in [0, 0.05) is 6.54 Å². The lowest BCUT2D eigenvalue weighted by Gasteiger charge is -2.09. The minimum Gasteiger partial charge on any atom is -0.369 e. The Morgan fingerprint density at radius 1 is 1.54 bits per heavy atom. The Hall–Kier alpha value is -1.12. The van der Waals surface area contributed by atoms with Crippen LogP contribution >= 0.6 is 0 Å². The zero-order valence-corrected chi connectivity index (χ0v) is 7.68. The SMILES string of the molecule is CC1(CNc2cccc(F)n2)CC1. The first-order valence-corrected chi connectivity index (χ1v) is 4.54. The summed E-state index contributed by atoms with van der Waals surface area (Å²) in [6.07, 6.45) is 2.52. The average Bonchev–Trinajstić information content (AvgIpc) is 2.82. The predicted octanol–water partition coefficient (Wildman–Crippen LogP) is 2.43. The smallest absolute Gasteiger partial charge is 0.214 e. The molecule has 2 rings (SSSR count). The molecule has 1 aromatic heterocycles. The number of rotatable bonds is 3. The topological polar surface area (TPSA) is 24.9 Å². The van der Waals surface area contributed by atoms with Crippen molar-refractivity contribution in [3.8, 4) is 0 Å². The third-order valence-electron chi connectivity index (χ3n) is 2.51. The van der Waals surface area contributed by atoms with Crippen molar-refractivity contribution in [3.63, 3.8) is 0 Å². The molecule has 1 aliphatic rings. The molecule has 2 nitrogen and oxygen atoms in total. The fraction of sp³-hybridized carbons (Fsp3) is 0.500. The summed E-state index contributed by atoms with van der Waals surface area (Å²) in [5.41, 5.74) is 0.425. The van der Waals surface area contributed by atoms with E-state index in [0.717, 1.165) is 6.54 Å². The number of hydrogen-bond donors (Lipinski definition) is 1.